The smallest absolute Gasteiger partial charge is 0.127 e. The van der Waals surface area contributed by atoms with E-state index in [1.165, 1.54) is 23.9 Å². The Bertz CT molecular complexity index is 569. The Morgan fingerprint density at radius 3 is 2.45 bits per heavy atom. The summed E-state index contributed by atoms with van der Waals surface area (Å²) in [4.78, 5) is 0.997. The minimum Gasteiger partial charge on any atom is -0.207 e. The van der Waals surface area contributed by atoms with Gasteiger partial charge in [0.2, 0.25) is 0 Å². The van der Waals surface area contributed by atoms with Crippen LogP contribution in [0, 0.1) is 11.6 Å². The molecule has 0 aromatic heterocycles. The molecule has 2 aromatic carbocycles. The van der Waals surface area contributed by atoms with Crippen molar-refractivity contribution in [3.05, 3.63) is 64.7 Å². The van der Waals surface area contributed by atoms with E-state index < -0.39 is 5.82 Å². The zero-order valence-corrected chi connectivity index (χ0v) is 12.6. The quantitative estimate of drug-likeness (QED) is 0.588. The standard InChI is InChI=1S/C16H15ClF2S/c1-2-3-16(14-10-12(18)6-9-15(14)19)20-13-7-4-11(17)5-8-13/h4-10,16H,2-3H2,1H3. The molecule has 0 spiro atoms. The highest BCUT2D eigenvalue weighted by Crippen LogP contribution is 2.40. The Morgan fingerprint density at radius 2 is 1.80 bits per heavy atom. The monoisotopic (exact) mass is 312 g/mol. The molecule has 0 N–H and O–H groups in total. The summed E-state index contributed by atoms with van der Waals surface area (Å²) in [6, 6.07) is 11.0. The number of hydrogen-bond acceptors (Lipinski definition) is 1. The van der Waals surface area contributed by atoms with Crippen LogP contribution in [-0.2, 0) is 0 Å². The van der Waals surface area contributed by atoms with Crippen LogP contribution < -0.4 is 0 Å². The summed E-state index contributed by atoms with van der Waals surface area (Å²) in [6.07, 6.45) is 1.69. The largest absolute Gasteiger partial charge is 0.207 e. The van der Waals surface area contributed by atoms with Crippen molar-refractivity contribution in [3.8, 4) is 0 Å². The van der Waals surface area contributed by atoms with E-state index in [1.54, 1.807) is 12.1 Å². The third kappa shape index (κ3) is 3.97. The third-order valence-corrected chi connectivity index (χ3v) is 4.52. The van der Waals surface area contributed by atoms with Crippen LogP contribution in [0.3, 0.4) is 0 Å². The first-order valence-corrected chi connectivity index (χ1v) is 7.73. The van der Waals surface area contributed by atoms with Crippen molar-refractivity contribution in [2.45, 2.75) is 29.9 Å². The van der Waals surface area contributed by atoms with Gasteiger partial charge in [-0.15, -0.1) is 11.8 Å². The summed E-state index contributed by atoms with van der Waals surface area (Å²) in [5, 5.41) is 0.565. The SMILES string of the molecule is CCCC(Sc1ccc(Cl)cc1)c1cc(F)ccc1F. The fourth-order valence-electron chi connectivity index (χ4n) is 1.98. The Kier molecular flexibility index (Phi) is 5.44. The lowest BCUT2D eigenvalue weighted by atomic mass is 10.1. The van der Waals surface area contributed by atoms with Gasteiger partial charge in [-0.2, -0.15) is 0 Å². The van der Waals surface area contributed by atoms with E-state index in [9.17, 15) is 8.78 Å². The molecule has 106 valence electrons. The van der Waals surface area contributed by atoms with E-state index in [2.05, 4.69) is 0 Å². The normalized spacial score (nSPS) is 12.4. The molecule has 0 saturated heterocycles. The first kappa shape index (κ1) is 15.3. The van der Waals surface area contributed by atoms with Crippen LogP contribution in [0.4, 0.5) is 8.78 Å². The fourth-order valence-corrected chi connectivity index (χ4v) is 3.39. The minimum atomic E-state index is -0.404. The van der Waals surface area contributed by atoms with Gasteiger partial charge < -0.3 is 0 Å². The van der Waals surface area contributed by atoms with Gasteiger partial charge in [0.05, 0.1) is 0 Å². The lowest BCUT2D eigenvalue weighted by molar-refractivity contribution is 0.578. The molecule has 20 heavy (non-hydrogen) atoms. The van der Waals surface area contributed by atoms with Crippen molar-refractivity contribution in [1.82, 2.24) is 0 Å². The maximum Gasteiger partial charge on any atom is 0.127 e. The summed E-state index contributed by atoms with van der Waals surface area (Å²) in [7, 11) is 0. The molecule has 0 amide bonds. The highest BCUT2D eigenvalue weighted by molar-refractivity contribution is 7.99. The second kappa shape index (κ2) is 7.09. The van der Waals surface area contributed by atoms with Crippen LogP contribution in [0.5, 0.6) is 0 Å². The van der Waals surface area contributed by atoms with Crippen molar-refractivity contribution in [3.63, 3.8) is 0 Å². The van der Waals surface area contributed by atoms with E-state index in [1.807, 2.05) is 19.1 Å². The zero-order chi connectivity index (χ0) is 14.5. The van der Waals surface area contributed by atoms with Crippen molar-refractivity contribution in [2.24, 2.45) is 0 Å². The molecular formula is C16H15ClF2S. The van der Waals surface area contributed by atoms with Gasteiger partial charge >= 0.3 is 0 Å². The van der Waals surface area contributed by atoms with Gasteiger partial charge in [-0.25, -0.2) is 8.78 Å². The lowest BCUT2D eigenvalue weighted by Crippen LogP contribution is -1.99. The predicted octanol–water partition coefficient (Wildman–Crippen LogP) is 6.25. The van der Waals surface area contributed by atoms with E-state index in [0.717, 1.165) is 23.8 Å². The maximum atomic E-state index is 13.9. The van der Waals surface area contributed by atoms with Gasteiger partial charge in [0.25, 0.3) is 0 Å². The highest BCUT2D eigenvalue weighted by atomic mass is 35.5. The van der Waals surface area contributed by atoms with Crippen LogP contribution >= 0.6 is 23.4 Å². The Balaban J connectivity index is 2.26. The van der Waals surface area contributed by atoms with Crippen molar-refractivity contribution < 1.29 is 8.78 Å². The average Bonchev–Trinajstić information content (AvgIpc) is 2.43. The second-order valence-electron chi connectivity index (χ2n) is 4.51. The molecule has 0 radical (unpaired) electrons. The fraction of sp³-hybridized carbons (Fsp3) is 0.250. The molecule has 1 atom stereocenters. The molecule has 0 nitrogen and oxygen atoms in total. The van der Waals surface area contributed by atoms with Gasteiger partial charge in [-0.1, -0.05) is 24.9 Å². The first-order valence-electron chi connectivity index (χ1n) is 6.47. The number of benzene rings is 2. The van der Waals surface area contributed by atoms with E-state index in [-0.39, 0.29) is 11.1 Å². The molecular weight excluding hydrogens is 298 g/mol. The molecule has 0 saturated carbocycles. The van der Waals surface area contributed by atoms with E-state index in [4.69, 9.17) is 11.6 Å². The Labute approximate surface area is 127 Å². The first-order chi connectivity index (χ1) is 9.60. The molecule has 2 rings (SSSR count). The Morgan fingerprint density at radius 1 is 1.10 bits per heavy atom. The maximum absolute atomic E-state index is 13.9. The van der Waals surface area contributed by atoms with Crippen molar-refractivity contribution >= 4 is 23.4 Å². The van der Waals surface area contributed by atoms with Crippen molar-refractivity contribution in [2.75, 3.05) is 0 Å². The molecule has 0 bridgehead atoms. The van der Waals surface area contributed by atoms with E-state index >= 15 is 0 Å². The third-order valence-electron chi connectivity index (χ3n) is 2.95. The van der Waals surface area contributed by atoms with Crippen LogP contribution in [-0.4, -0.2) is 0 Å². The van der Waals surface area contributed by atoms with Crippen LogP contribution in [0.15, 0.2) is 47.4 Å². The molecule has 0 aliphatic heterocycles. The summed E-state index contributed by atoms with van der Waals surface area (Å²) in [6.45, 7) is 2.03. The van der Waals surface area contributed by atoms with Gasteiger partial charge in [0.1, 0.15) is 11.6 Å². The number of halogens is 3. The zero-order valence-electron chi connectivity index (χ0n) is 11.1. The number of hydrogen-bond donors (Lipinski definition) is 0. The molecule has 1 unspecified atom stereocenters. The lowest BCUT2D eigenvalue weighted by Gasteiger charge is -2.17. The summed E-state index contributed by atoms with van der Waals surface area (Å²) < 4.78 is 27.3. The average molecular weight is 313 g/mol. The molecule has 0 aliphatic carbocycles. The van der Waals surface area contributed by atoms with E-state index in [0.29, 0.717) is 10.6 Å². The predicted molar refractivity (Wildman–Crippen MR) is 81.3 cm³/mol. The summed E-state index contributed by atoms with van der Waals surface area (Å²) in [5.41, 5.74) is 0.423. The summed E-state index contributed by atoms with van der Waals surface area (Å²) >= 11 is 7.39. The van der Waals surface area contributed by atoms with Gasteiger partial charge in [0, 0.05) is 20.7 Å². The number of thioether (sulfide) groups is 1. The molecule has 2 aromatic rings. The number of rotatable bonds is 5. The van der Waals surface area contributed by atoms with Crippen LogP contribution in [0.25, 0.3) is 0 Å². The van der Waals surface area contributed by atoms with Crippen LogP contribution in [0.2, 0.25) is 5.02 Å². The van der Waals surface area contributed by atoms with Crippen molar-refractivity contribution in [1.29, 1.82) is 0 Å². The highest BCUT2D eigenvalue weighted by Gasteiger charge is 2.17. The Hall–Kier alpha value is -1.06. The topological polar surface area (TPSA) is 0 Å². The van der Waals surface area contributed by atoms with Gasteiger partial charge in [-0.3, -0.25) is 0 Å². The molecule has 0 aliphatic rings. The molecule has 0 heterocycles. The summed E-state index contributed by atoms with van der Waals surface area (Å²) in [5.74, 6) is -0.759. The van der Waals surface area contributed by atoms with Gasteiger partial charge in [0.15, 0.2) is 0 Å². The van der Waals surface area contributed by atoms with Gasteiger partial charge in [-0.05, 0) is 48.9 Å². The molecule has 0 fully saturated rings. The second-order valence-corrected chi connectivity index (χ2v) is 6.23. The minimum absolute atomic E-state index is 0.100. The van der Waals surface area contributed by atoms with Crippen LogP contribution in [0.1, 0.15) is 30.6 Å². The molecule has 4 heteroatoms.